The Balaban J connectivity index is 2.69. The van der Waals surface area contributed by atoms with Crippen LogP contribution < -0.4 is 10.6 Å². The van der Waals surface area contributed by atoms with E-state index in [-0.39, 0.29) is 11.6 Å². The zero-order valence-corrected chi connectivity index (χ0v) is 13.1. The van der Waals surface area contributed by atoms with E-state index < -0.39 is 11.5 Å². The zero-order valence-electron chi connectivity index (χ0n) is 13.1. The van der Waals surface area contributed by atoms with Gasteiger partial charge in [-0.15, -0.1) is 0 Å². The first kappa shape index (κ1) is 16.8. The molecule has 0 atom stereocenters. The highest BCUT2D eigenvalue weighted by atomic mass is 16.4. The highest BCUT2D eigenvalue weighted by Crippen LogP contribution is 2.34. The first-order valence-electron chi connectivity index (χ1n) is 7.58. The summed E-state index contributed by atoms with van der Waals surface area (Å²) in [7, 11) is 0. The maximum absolute atomic E-state index is 12.1. The van der Waals surface area contributed by atoms with Crippen LogP contribution in [0.4, 0.5) is 4.79 Å². The molecule has 0 aromatic rings. The summed E-state index contributed by atoms with van der Waals surface area (Å²) in [5.74, 6) is -0.337. The third-order valence-corrected chi connectivity index (χ3v) is 4.63. The van der Waals surface area contributed by atoms with Crippen molar-refractivity contribution < 1.29 is 14.7 Å². The summed E-state index contributed by atoms with van der Waals surface area (Å²) in [6, 6.07) is -0.380. The number of rotatable bonds is 5. The number of nitrogens with one attached hydrogen (secondary N) is 2. The number of hydrogen-bond acceptors (Lipinski definition) is 2. The number of amides is 2. The van der Waals surface area contributed by atoms with Crippen LogP contribution in [-0.4, -0.2) is 28.2 Å². The standard InChI is InChI=1S/C15H28N2O3/c1-5-11-7-9-15(10-8-11,12(18)19)17-13(20)16-14(3,4)6-2/h11H,5-10H2,1-4H3,(H,18,19)(H2,16,17,20). The molecule has 0 saturated heterocycles. The fourth-order valence-electron chi connectivity index (χ4n) is 2.62. The van der Waals surface area contributed by atoms with Gasteiger partial charge in [0, 0.05) is 5.54 Å². The van der Waals surface area contributed by atoms with Gasteiger partial charge in [-0.2, -0.15) is 0 Å². The fourth-order valence-corrected chi connectivity index (χ4v) is 2.62. The molecule has 1 aliphatic rings. The topological polar surface area (TPSA) is 78.4 Å². The first-order valence-corrected chi connectivity index (χ1v) is 7.58. The monoisotopic (exact) mass is 284 g/mol. The van der Waals surface area contributed by atoms with E-state index in [0.717, 1.165) is 25.7 Å². The highest BCUT2D eigenvalue weighted by molar-refractivity contribution is 5.86. The molecule has 0 spiro atoms. The Hall–Kier alpha value is -1.26. The molecule has 0 radical (unpaired) electrons. The van der Waals surface area contributed by atoms with Crippen molar-refractivity contribution in [3.05, 3.63) is 0 Å². The van der Waals surface area contributed by atoms with Gasteiger partial charge in [0.05, 0.1) is 0 Å². The predicted octanol–water partition coefficient (Wildman–Crippen LogP) is 2.90. The van der Waals surface area contributed by atoms with E-state index in [4.69, 9.17) is 0 Å². The van der Waals surface area contributed by atoms with Crippen molar-refractivity contribution in [3.8, 4) is 0 Å². The second-order valence-corrected chi connectivity index (χ2v) is 6.56. The normalized spacial score (nSPS) is 26.9. The van der Waals surface area contributed by atoms with Gasteiger partial charge in [-0.25, -0.2) is 9.59 Å². The Labute approximate surface area is 121 Å². The maximum Gasteiger partial charge on any atom is 0.329 e. The molecule has 0 unspecified atom stereocenters. The molecule has 0 aromatic heterocycles. The summed E-state index contributed by atoms with van der Waals surface area (Å²) in [6.45, 7) is 7.96. The van der Waals surface area contributed by atoms with E-state index in [0.29, 0.717) is 18.8 Å². The van der Waals surface area contributed by atoms with E-state index in [2.05, 4.69) is 17.6 Å². The van der Waals surface area contributed by atoms with E-state index >= 15 is 0 Å². The quantitative estimate of drug-likeness (QED) is 0.726. The van der Waals surface area contributed by atoms with Gasteiger partial charge >= 0.3 is 12.0 Å². The fraction of sp³-hybridized carbons (Fsp3) is 0.867. The minimum atomic E-state index is -1.10. The average molecular weight is 284 g/mol. The van der Waals surface area contributed by atoms with Crippen molar-refractivity contribution in [2.75, 3.05) is 0 Å². The van der Waals surface area contributed by atoms with Crippen molar-refractivity contribution in [3.63, 3.8) is 0 Å². The summed E-state index contributed by atoms with van der Waals surface area (Å²) >= 11 is 0. The molecular weight excluding hydrogens is 256 g/mol. The van der Waals surface area contributed by atoms with Gasteiger partial charge in [0.25, 0.3) is 0 Å². The molecule has 2 amide bonds. The molecule has 0 aliphatic heterocycles. The number of carbonyl (C=O) groups is 2. The van der Waals surface area contributed by atoms with Crippen LogP contribution in [0.25, 0.3) is 0 Å². The molecule has 1 saturated carbocycles. The van der Waals surface area contributed by atoms with Gasteiger partial charge in [0.2, 0.25) is 0 Å². The van der Waals surface area contributed by atoms with Crippen LogP contribution in [0, 0.1) is 5.92 Å². The van der Waals surface area contributed by atoms with Crippen LogP contribution >= 0.6 is 0 Å². The summed E-state index contributed by atoms with van der Waals surface area (Å²) in [4.78, 5) is 23.7. The van der Waals surface area contributed by atoms with Gasteiger partial charge in [-0.05, 0) is 51.9 Å². The third kappa shape index (κ3) is 4.12. The predicted molar refractivity (Wildman–Crippen MR) is 78.7 cm³/mol. The van der Waals surface area contributed by atoms with Crippen LogP contribution in [0.1, 0.15) is 66.2 Å². The van der Waals surface area contributed by atoms with Crippen molar-refractivity contribution in [2.24, 2.45) is 5.92 Å². The number of urea groups is 1. The maximum atomic E-state index is 12.1. The Bertz CT molecular complexity index is 358. The molecule has 0 bridgehead atoms. The molecule has 1 rings (SSSR count). The van der Waals surface area contributed by atoms with E-state index in [1.807, 2.05) is 20.8 Å². The van der Waals surface area contributed by atoms with E-state index in [9.17, 15) is 14.7 Å². The van der Waals surface area contributed by atoms with Gasteiger partial charge < -0.3 is 15.7 Å². The molecule has 5 nitrogen and oxygen atoms in total. The molecular formula is C15H28N2O3. The molecule has 20 heavy (non-hydrogen) atoms. The lowest BCUT2D eigenvalue weighted by Crippen LogP contribution is -2.61. The summed E-state index contributed by atoms with van der Waals surface area (Å²) in [6.07, 6.45) is 4.62. The number of hydrogen-bond donors (Lipinski definition) is 3. The Morgan fingerprint density at radius 3 is 2.20 bits per heavy atom. The van der Waals surface area contributed by atoms with Crippen LogP contribution in [0.15, 0.2) is 0 Å². The summed E-state index contributed by atoms with van der Waals surface area (Å²) < 4.78 is 0. The molecule has 1 aliphatic carbocycles. The molecule has 5 heteroatoms. The van der Waals surface area contributed by atoms with Crippen molar-refractivity contribution in [1.82, 2.24) is 10.6 Å². The lowest BCUT2D eigenvalue weighted by molar-refractivity contribution is -0.146. The number of carboxylic acid groups (broad SMARTS) is 1. The lowest BCUT2D eigenvalue weighted by atomic mass is 9.75. The van der Waals surface area contributed by atoms with Gasteiger partial charge in [0.15, 0.2) is 0 Å². The highest BCUT2D eigenvalue weighted by Gasteiger charge is 2.43. The minimum Gasteiger partial charge on any atom is -0.480 e. The van der Waals surface area contributed by atoms with Crippen molar-refractivity contribution >= 4 is 12.0 Å². The molecule has 1 fully saturated rings. The van der Waals surface area contributed by atoms with E-state index in [1.54, 1.807) is 0 Å². The number of carbonyl (C=O) groups excluding carboxylic acids is 1. The first-order chi connectivity index (χ1) is 9.24. The lowest BCUT2D eigenvalue weighted by Gasteiger charge is -2.38. The average Bonchev–Trinajstić information content (AvgIpc) is 2.38. The van der Waals surface area contributed by atoms with Crippen LogP contribution in [0.2, 0.25) is 0 Å². The molecule has 116 valence electrons. The van der Waals surface area contributed by atoms with Crippen molar-refractivity contribution in [1.29, 1.82) is 0 Å². The van der Waals surface area contributed by atoms with Crippen LogP contribution in [0.5, 0.6) is 0 Å². The van der Waals surface area contributed by atoms with Crippen LogP contribution in [0.3, 0.4) is 0 Å². The van der Waals surface area contributed by atoms with Gasteiger partial charge in [0.1, 0.15) is 5.54 Å². The van der Waals surface area contributed by atoms with E-state index in [1.165, 1.54) is 0 Å². The molecule has 3 N–H and O–H groups in total. The van der Waals surface area contributed by atoms with Crippen LogP contribution in [-0.2, 0) is 4.79 Å². The number of aliphatic carboxylic acids is 1. The second kappa shape index (κ2) is 6.46. The minimum absolute atomic E-state index is 0.329. The summed E-state index contributed by atoms with van der Waals surface area (Å²) in [5.41, 5.74) is -1.43. The second-order valence-electron chi connectivity index (χ2n) is 6.56. The number of carboxylic acids is 1. The smallest absolute Gasteiger partial charge is 0.329 e. The van der Waals surface area contributed by atoms with Gasteiger partial charge in [-0.3, -0.25) is 0 Å². The van der Waals surface area contributed by atoms with Gasteiger partial charge in [-0.1, -0.05) is 20.3 Å². The molecule has 0 aromatic carbocycles. The third-order valence-electron chi connectivity index (χ3n) is 4.63. The zero-order chi connectivity index (χ0) is 15.4. The summed E-state index contributed by atoms with van der Waals surface area (Å²) in [5, 5.41) is 15.1. The largest absolute Gasteiger partial charge is 0.480 e. The SMILES string of the molecule is CCC1CCC(NC(=O)NC(C)(C)CC)(C(=O)O)CC1. The molecule has 0 heterocycles. The Kier molecular flexibility index (Phi) is 5.42. The van der Waals surface area contributed by atoms with Crippen molar-refractivity contribution in [2.45, 2.75) is 77.3 Å². The Morgan fingerprint density at radius 1 is 1.25 bits per heavy atom. The Morgan fingerprint density at radius 2 is 1.80 bits per heavy atom.